The fourth-order valence-corrected chi connectivity index (χ4v) is 4.01. The van der Waals surface area contributed by atoms with Gasteiger partial charge in [0.05, 0.1) is 11.0 Å². The van der Waals surface area contributed by atoms with E-state index >= 15 is 0 Å². The summed E-state index contributed by atoms with van der Waals surface area (Å²) in [5.74, 6) is 0.801. The Labute approximate surface area is 187 Å². The smallest absolute Gasteiger partial charge is 0.244 e. The molecular formula is C28H23N3O. The van der Waals surface area contributed by atoms with Crippen molar-refractivity contribution >= 4 is 22.6 Å². The molecule has 0 saturated heterocycles. The molecule has 0 saturated carbocycles. The van der Waals surface area contributed by atoms with Gasteiger partial charge in [-0.05, 0) is 29.3 Å². The molecule has 1 heterocycles. The van der Waals surface area contributed by atoms with Crippen molar-refractivity contribution in [2.45, 2.75) is 13.0 Å². The first-order valence-electron chi connectivity index (χ1n) is 10.7. The van der Waals surface area contributed by atoms with Crippen molar-refractivity contribution in [2.24, 2.45) is 0 Å². The van der Waals surface area contributed by atoms with Gasteiger partial charge < -0.3 is 9.88 Å². The minimum absolute atomic E-state index is 0.0779. The molecule has 0 fully saturated rings. The van der Waals surface area contributed by atoms with Crippen molar-refractivity contribution in [3.05, 3.63) is 121 Å². The predicted molar refractivity (Wildman–Crippen MR) is 129 cm³/mol. The Morgan fingerprint density at radius 2 is 1.41 bits per heavy atom. The third-order valence-corrected chi connectivity index (χ3v) is 5.53. The first kappa shape index (κ1) is 19.8. The zero-order chi connectivity index (χ0) is 21.8. The Balaban J connectivity index is 1.44. The maximum Gasteiger partial charge on any atom is 0.244 e. The molecule has 0 bridgehead atoms. The van der Waals surface area contributed by atoms with E-state index in [0.717, 1.165) is 33.7 Å². The quantitative estimate of drug-likeness (QED) is 0.372. The van der Waals surface area contributed by atoms with E-state index in [0.29, 0.717) is 6.42 Å². The van der Waals surface area contributed by atoms with Crippen LogP contribution in [0.5, 0.6) is 0 Å². The summed E-state index contributed by atoms with van der Waals surface area (Å²) in [6.07, 6.45) is 0.670. The van der Waals surface area contributed by atoms with Gasteiger partial charge in [0.1, 0.15) is 12.4 Å². The van der Waals surface area contributed by atoms with Gasteiger partial charge in [-0.3, -0.25) is 4.79 Å². The van der Waals surface area contributed by atoms with Gasteiger partial charge in [-0.15, -0.1) is 0 Å². The lowest BCUT2D eigenvalue weighted by Crippen LogP contribution is -2.20. The number of carbonyl (C=O) groups is 1. The number of amides is 1. The molecule has 1 amide bonds. The van der Waals surface area contributed by atoms with Crippen molar-refractivity contribution in [1.82, 2.24) is 9.55 Å². The van der Waals surface area contributed by atoms with Gasteiger partial charge in [-0.1, -0.05) is 91.0 Å². The lowest BCUT2D eigenvalue weighted by Gasteiger charge is -2.13. The molecule has 4 nitrogen and oxygen atoms in total. The molecule has 0 spiro atoms. The summed E-state index contributed by atoms with van der Waals surface area (Å²) in [6, 6.07) is 36.2. The summed E-state index contributed by atoms with van der Waals surface area (Å²) in [5, 5.41) is 3.12. The second-order valence-electron chi connectivity index (χ2n) is 7.73. The van der Waals surface area contributed by atoms with Gasteiger partial charge in [-0.2, -0.15) is 0 Å². The third-order valence-electron chi connectivity index (χ3n) is 5.53. The van der Waals surface area contributed by atoms with Gasteiger partial charge in [0, 0.05) is 17.7 Å². The zero-order valence-electron chi connectivity index (χ0n) is 17.6. The highest BCUT2D eigenvalue weighted by atomic mass is 16.1. The van der Waals surface area contributed by atoms with Crippen LogP contribution >= 0.6 is 0 Å². The fraction of sp³-hybridized carbons (Fsp3) is 0.0714. The molecule has 0 aliphatic rings. The average molecular weight is 418 g/mol. The number of nitrogens with zero attached hydrogens (tertiary/aromatic N) is 2. The van der Waals surface area contributed by atoms with Crippen LogP contribution in [-0.2, 0) is 17.8 Å². The standard InChI is InChI=1S/C28H23N3O/c32-28(30-24-16-8-7-15-23(24)22-13-5-2-6-14-22)20-31-26-18-10-9-17-25(26)29-27(31)19-21-11-3-1-4-12-21/h1-18H,19-20H2,(H,30,32). The van der Waals surface area contributed by atoms with Crippen molar-refractivity contribution in [3.8, 4) is 11.1 Å². The first-order valence-corrected chi connectivity index (χ1v) is 10.7. The highest BCUT2D eigenvalue weighted by Gasteiger charge is 2.15. The van der Waals surface area contributed by atoms with Crippen molar-refractivity contribution in [2.75, 3.05) is 5.32 Å². The number of hydrogen-bond acceptors (Lipinski definition) is 2. The molecule has 32 heavy (non-hydrogen) atoms. The number of carbonyl (C=O) groups excluding carboxylic acids is 1. The normalized spacial score (nSPS) is 10.9. The van der Waals surface area contributed by atoms with Crippen LogP contribution in [0.4, 0.5) is 5.69 Å². The first-order chi connectivity index (χ1) is 15.8. The number of para-hydroxylation sites is 3. The number of hydrogen-bond donors (Lipinski definition) is 1. The van der Waals surface area contributed by atoms with Gasteiger partial charge in [0.25, 0.3) is 0 Å². The van der Waals surface area contributed by atoms with Gasteiger partial charge >= 0.3 is 0 Å². The molecule has 0 radical (unpaired) electrons. The summed E-state index contributed by atoms with van der Waals surface area (Å²) in [5.41, 5.74) is 5.90. The molecule has 0 aliphatic carbocycles. The van der Waals surface area contributed by atoms with Crippen LogP contribution in [0.15, 0.2) is 109 Å². The molecule has 0 atom stereocenters. The molecule has 0 aliphatic heterocycles. The molecule has 1 N–H and O–H groups in total. The second-order valence-corrected chi connectivity index (χ2v) is 7.73. The average Bonchev–Trinajstić information content (AvgIpc) is 3.17. The molecule has 5 rings (SSSR count). The number of rotatable bonds is 6. The predicted octanol–water partition coefficient (Wildman–Crippen LogP) is 5.93. The van der Waals surface area contributed by atoms with Gasteiger partial charge in [0.2, 0.25) is 5.91 Å². The lowest BCUT2D eigenvalue weighted by molar-refractivity contribution is -0.116. The van der Waals surface area contributed by atoms with E-state index in [1.54, 1.807) is 0 Å². The summed E-state index contributed by atoms with van der Waals surface area (Å²) in [6.45, 7) is 0.200. The van der Waals surface area contributed by atoms with Crippen LogP contribution in [0.25, 0.3) is 22.2 Å². The Kier molecular flexibility index (Phi) is 5.50. The number of nitrogens with one attached hydrogen (secondary N) is 1. The maximum absolute atomic E-state index is 13.2. The lowest BCUT2D eigenvalue weighted by atomic mass is 10.0. The molecule has 0 unspecified atom stereocenters. The highest BCUT2D eigenvalue weighted by molar-refractivity contribution is 5.96. The SMILES string of the molecule is O=C(Cn1c(Cc2ccccc2)nc2ccccc21)Nc1ccccc1-c1ccccc1. The van der Waals surface area contributed by atoms with Crippen LogP contribution in [0.1, 0.15) is 11.4 Å². The van der Waals surface area contributed by atoms with Crippen LogP contribution in [0, 0.1) is 0 Å². The summed E-state index contributed by atoms with van der Waals surface area (Å²) in [4.78, 5) is 18.0. The van der Waals surface area contributed by atoms with E-state index in [2.05, 4.69) is 17.4 Å². The molecule has 4 heteroatoms. The van der Waals surface area contributed by atoms with E-state index < -0.39 is 0 Å². The van der Waals surface area contributed by atoms with Crippen LogP contribution in [-0.4, -0.2) is 15.5 Å². The molecule has 4 aromatic carbocycles. The highest BCUT2D eigenvalue weighted by Crippen LogP contribution is 2.28. The van der Waals surface area contributed by atoms with Crippen molar-refractivity contribution < 1.29 is 4.79 Å². The molecule has 1 aromatic heterocycles. The Hall–Kier alpha value is -4.18. The Morgan fingerprint density at radius 1 is 0.750 bits per heavy atom. The molecule has 156 valence electrons. The number of aromatic nitrogens is 2. The largest absolute Gasteiger partial charge is 0.324 e. The van der Waals surface area contributed by atoms with Crippen LogP contribution in [0.2, 0.25) is 0 Å². The van der Waals surface area contributed by atoms with E-state index in [9.17, 15) is 4.79 Å². The topological polar surface area (TPSA) is 46.9 Å². The second kappa shape index (κ2) is 8.90. The fourth-order valence-electron chi connectivity index (χ4n) is 4.01. The maximum atomic E-state index is 13.2. The van der Waals surface area contributed by atoms with Gasteiger partial charge in [-0.25, -0.2) is 4.98 Å². The van der Waals surface area contributed by atoms with Crippen molar-refractivity contribution in [1.29, 1.82) is 0 Å². The summed E-state index contributed by atoms with van der Waals surface area (Å²) < 4.78 is 2.02. The minimum Gasteiger partial charge on any atom is -0.324 e. The summed E-state index contributed by atoms with van der Waals surface area (Å²) >= 11 is 0. The minimum atomic E-state index is -0.0779. The Morgan fingerprint density at radius 3 is 2.22 bits per heavy atom. The number of fused-ring (bicyclic) bond motifs is 1. The number of imidazole rings is 1. The van der Waals surface area contributed by atoms with Gasteiger partial charge in [0.15, 0.2) is 0 Å². The van der Waals surface area contributed by atoms with Crippen LogP contribution in [0.3, 0.4) is 0 Å². The molecular weight excluding hydrogens is 394 g/mol. The zero-order valence-corrected chi connectivity index (χ0v) is 17.6. The van der Waals surface area contributed by atoms with E-state index in [1.165, 1.54) is 5.56 Å². The van der Waals surface area contributed by atoms with Crippen molar-refractivity contribution in [3.63, 3.8) is 0 Å². The van der Waals surface area contributed by atoms with E-state index in [-0.39, 0.29) is 12.5 Å². The third kappa shape index (κ3) is 4.16. The monoisotopic (exact) mass is 417 g/mol. The summed E-state index contributed by atoms with van der Waals surface area (Å²) in [7, 11) is 0. The number of benzene rings is 4. The number of anilines is 1. The Bertz CT molecular complexity index is 1360. The molecule has 5 aromatic rings. The van der Waals surface area contributed by atoms with Crippen LogP contribution < -0.4 is 5.32 Å². The van der Waals surface area contributed by atoms with E-state index in [4.69, 9.17) is 4.98 Å². The van der Waals surface area contributed by atoms with E-state index in [1.807, 2.05) is 102 Å².